The van der Waals surface area contributed by atoms with Crippen molar-refractivity contribution in [3.8, 4) is 17.8 Å². The number of carboxylic acids is 1. The molecule has 0 spiro atoms. The minimum atomic E-state index is -1.97. The van der Waals surface area contributed by atoms with E-state index in [4.69, 9.17) is 18.9 Å². The smallest absolute Gasteiger partial charge is 0.323 e. The van der Waals surface area contributed by atoms with Gasteiger partial charge < -0.3 is 33.9 Å². The van der Waals surface area contributed by atoms with Crippen molar-refractivity contribution in [1.82, 2.24) is 24.7 Å². The van der Waals surface area contributed by atoms with Crippen LogP contribution in [0.2, 0.25) is 0 Å². The fourth-order valence-electron chi connectivity index (χ4n) is 6.48. The predicted molar refractivity (Wildman–Crippen MR) is 172 cm³/mol. The molecule has 11 nitrogen and oxygen atoms in total. The number of aromatic nitrogens is 2. The van der Waals surface area contributed by atoms with E-state index in [1.165, 1.54) is 21.1 Å². The normalized spacial score (nSPS) is 25.8. The third-order valence-corrected chi connectivity index (χ3v) is 9.31. The van der Waals surface area contributed by atoms with E-state index in [0.717, 1.165) is 51.1 Å². The summed E-state index contributed by atoms with van der Waals surface area (Å²) in [5.74, 6) is -0.469. The summed E-state index contributed by atoms with van der Waals surface area (Å²) in [6, 6.07) is 8.77. The van der Waals surface area contributed by atoms with Crippen molar-refractivity contribution in [2.45, 2.75) is 50.0 Å². The van der Waals surface area contributed by atoms with Crippen LogP contribution in [-0.4, -0.2) is 127 Å². The molecule has 0 radical (unpaired) electrons. The molecule has 2 aliphatic heterocycles. The van der Waals surface area contributed by atoms with Crippen LogP contribution in [0.25, 0.3) is 5.57 Å². The first-order valence-electron chi connectivity index (χ1n) is 15.9. The lowest BCUT2D eigenvalue weighted by molar-refractivity contribution is -0.142. The number of aliphatic carboxylic acids is 1. The van der Waals surface area contributed by atoms with Crippen LogP contribution in [0, 0.1) is 0 Å². The third-order valence-electron chi connectivity index (χ3n) is 9.31. The summed E-state index contributed by atoms with van der Waals surface area (Å²) in [5.41, 5.74) is -1.69. The van der Waals surface area contributed by atoms with E-state index in [1.54, 1.807) is 12.2 Å². The number of piperazine rings is 1. The number of allylic oxidation sites excluding steroid dienone is 2. The molecule has 0 saturated carbocycles. The van der Waals surface area contributed by atoms with E-state index in [1.807, 2.05) is 41.3 Å². The van der Waals surface area contributed by atoms with Gasteiger partial charge in [-0.05, 0) is 57.0 Å². The second kappa shape index (κ2) is 14.9. The summed E-state index contributed by atoms with van der Waals surface area (Å²) in [7, 11) is 5.07. The first-order chi connectivity index (χ1) is 22.2. The van der Waals surface area contributed by atoms with E-state index in [0.29, 0.717) is 30.7 Å². The number of carboxylic acid groups (broad SMARTS) is 1. The molecule has 3 atom stereocenters. The van der Waals surface area contributed by atoms with Crippen molar-refractivity contribution in [2.24, 2.45) is 0 Å². The Kier molecular flexibility index (Phi) is 10.9. The van der Waals surface area contributed by atoms with Gasteiger partial charge in [0, 0.05) is 45.9 Å². The molecule has 0 bridgehead atoms. The zero-order chi connectivity index (χ0) is 32.7. The number of nitrogens with zero attached hydrogens (tertiary/aromatic N) is 5. The SMILES string of the molecule is COc1nc(OCC2(OCCCN3CCN(C)CC3)C=CC=C(c3ccccc3)C2(C)F)nc(OC)c1CN1CCC[C@H]1C(=O)O. The van der Waals surface area contributed by atoms with Gasteiger partial charge in [0.2, 0.25) is 11.8 Å². The third kappa shape index (κ3) is 7.35. The Morgan fingerprint density at radius 1 is 1.07 bits per heavy atom. The van der Waals surface area contributed by atoms with Crippen molar-refractivity contribution in [1.29, 1.82) is 0 Å². The van der Waals surface area contributed by atoms with Gasteiger partial charge in [-0.1, -0.05) is 42.5 Å². The summed E-state index contributed by atoms with van der Waals surface area (Å²) in [6.07, 6.45) is 7.39. The van der Waals surface area contributed by atoms with E-state index in [9.17, 15) is 9.90 Å². The molecule has 1 aliphatic carbocycles. The summed E-state index contributed by atoms with van der Waals surface area (Å²) in [4.78, 5) is 27.3. The van der Waals surface area contributed by atoms with Gasteiger partial charge in [0.1, 0.15) is 12.6 Å². The van der Waals surface area contributed by atoms with Gasteiger partial charge >= 0.3 is 12.0 Å². The molecule has 1 N–H and O–H groups in total. The number of alkyl halides is 1. The molecule has 250 valence electrons. The van der Waals surface area contributed by atoms with Crippen molar-refractivity contribution >= 4 is 11.5 Å². The standard InChI is InChI=1S/C34H46FN5O6/c1-33(35)27(25-11-6-5-7-12-25)13-8-15-34(33,46-22-10-16-39-20-18-38(2)19-21-39)24-45-32-36-29(43-3)26(30(37-32)44-4)23-40-17-9-14-28(40)31(41)42/h5-8,11-13,15,28H,9-10,14,16-24H2,1-4H3,(H,41,42)/t28-,33?,34?/m0/s1. The maximum absolute atomic E-state index is 17.3. The van der Waals surface area contributed by atoms with Crippen LogP contribution in [-0.2, 0) is 16.1 Å². The van der Waals surface area contributed by atoms with Crippen molar-refractivity contribution < 1.29 is 33.2 Å². The highest BCUT2D eigenvalue weighted by Crippen LogP contribution is 2.45. The fourth-order valence-corrected chi connectivity index (χ4v) is 6.48. The number of hydrogen-bond acceptors (Lipinski definition) is 10. The number of benzene rings is 1. The van der Waals surface area contributed by atoms with Gasteiger partial charge in [-0.25, -0.2) is 4.39 Å². The predicted octanol–water partition coefficient (Wildman–Crippen LogP) is 3.70. The van der Waals surface area contributed by atoms with Crippen LogP contribution in [0.4, 0.5) is 4.39 Å². The second-order valence-corrected chi connectivity index (χ2v) is 12.3. The molecule has 3 aliphatic rings. The molecule has 2 unspecified atom stereocenters. The number of likely N-dealkylation sites (N-methyl/N-ethyl adjacent to an activating group) is 1. The van der Waals surface area contributed by atoms with Crippen LogP contribution < -0.4 is 14.2 Å². The Morgan fingerprint density at radius 2 is 1.76 bits per heavy atom. The Balaban J connectivity index is 1.37. The summed E-state index contributed by atoms with van der Waals surface area (Å²) < 4.78 is 41.1. The molecular weight excluding hydrogens is 593 g/mol. The maximum Gasteiger partial charge on any atom is 0.323 e. The Hall–Kier alpha value is -3.58. The molecule has 1 aromatic heterocycles. The number of likely N-dealkylation sites (tertiary alicyclic amines) is 1. The highest BCUT2D eigenvalue weighted by Gasteiger charge is 2.53. The molecule has 2 saturated heterocycles. The average Bonchev–Trinajstić information content (AvgIpc) is 3.53. The lowest BCUT2D eigenvalue weighted by Gasteiger charge is -2.44. The van der Waals surface area contributed by atoms with Crippen molar-refractivity contribution in [3.63, 3.8) is 0 Å². The van der Waals surface area contributed by atoms with Gasteiger partial charge in [0.15, 0.2) is 11.3 Å². The summed E-state index contributed by atoms with van der Waals surface area (Å²) in [6.45, 7) is 7.41. The number of carbonyl (C=O) groups is 1. The van der Waals surface area contributed by atoms with Crippen LogP contribution in [0.3, 0.4) is 0 Å². The fraction of sp³-hybridized carbons (Fsp3) is 0.559. The van der Waals surface area contributed by atoms with Crippen molar-refractivity contribution in [3.05, 3.63) is 59.7 Å². The molecular formula is C34H46FN5O6. The van der Waals surface area contributed by atoms with Gasteiger partial charge in [-0.3, -0.25) is 9.69 Å². The van der Waals surface area contributed by atoms with Crippen LogP contribution in [0.5, 0.6) is 17.8 Å². The molecule has 5 rings (SSSR count). The van der Waals surface area contributed by atoms with Gasteiger partial charge in [0.25, 0.3) is 0 Å². The van der Waals surface area contributed by atoms with E-state index >= 15 is 4.39 Å². The van der Waals surface area contributed by atoms with Crippen LogP contribution in [0.15, 0.2) is 48.6 Å². The highest BCUT2D eigenvalue weighted by molar-refractivity contribution is 5.77. The number of methoxy groups -OCH3 is 2. The Morgan fingerprint density at radius 3 is 2.41 bits per heavy atom. The van der Waals surface area contributed by atoms with E-state index in [2.05, 4.69) is 26.8 Å². The monoisotopic (exact) mass is 639 g/mol. The lowest BCUT2D eigenvalue weighted by Crippen LogP contribution is -2.56. The molecule has 3 heterocycles. The summed E-state index contributed by atoms with van der Waals surface area (Å²) in [5, 5.41) is 9.65. The Labute approximate surface area is 270 Å². The second-order valence-electron chi connectivity index (χ2n) is 12.3. The number of rotatable bonds is 14. The van der Waals surface area contributed by atoms with E-state index in [-0.39, 0.29) is 30.9 Å². The van der Waals surface area contributed by atoms with Crippen LogP contribution >= 0.6 is 0 Å². The first kappa shape index (κ1) is 33.8. The average molecular weight is 640 g/mol. The molecule has 2 fully saturated rings. The van der Waals surface area contributed by atoms with E-state index < -0.39 is 23.3 Å². The Bertz CT molecular complexity index is 1370. The number of hydrogen-bond donors (Lipinski definition) is 1. The minimum absolute atomic E-state index is 0.0610. The topological polar surface area (TPSA) is 110 Å². The van der Waals surface area contributed by atoms with Gasteiger partial charge in [-0.2, -0.15) is 9.97 Å². The zero-order valence-corrected chi connectivity index (χ0v) is 27.3. The lowest BCUT2D eigenvalue weighted by atomic mass is 9.74. The minimum Gasteiger partial charge on any atom is -0.481 e. The van der Waals surface area contributed by atoms with Gasteiger partial charge in [0.05, 0.1) is 19.8 Å². The molecule has 2 aromatic rings. The molecule has 46 heavy (non-hydrogen) atoms. The van der Waals surface area contributed by atoms with Crippen LogP contribution in [0.1, 0.15) is 37.3 Å². The summed E-state index contributed by atoms with van der Waals surface area (Å²) >= 11 is 0. The van der Waals surface area contributed by atoms with Crippen molar-refractivity contribution in [2.75, 3.05) is 73.7 Å². The highest BCUT2D eigenvalue weighted by atomic mass is 19.1. The quantitative estimate of drug-likeness (QED) is 0.306. The number of ether oxygens (including phenoxy) is 4. The molecule has 1 aromatic carbocycles. The number of halogens is 1. The first-order valence-corrected chi connectivity index (χ1v) is 15.9. The molecule has 0 amide bonds. The largest absolute Gasteiger partial charge is 0.481 e. The molecule has 12 heteroatoms. The van der Waals surface area contributed by atoms with Gasteiger partial charge in [-0.15, -0.1) is 0 Å². The maximum atomic E-state index is 17.3. The zero-order valence-electron chi connectivity index (χ0n) is 27.3.